The fraction of sp³-hybridized carbons (Fsp3) is 0.833. The van der Waals surface area contributed by atoms with Gasteiger partial charge in [0, 0.05) is 7.11 Å². The molecule has 0 aliphatic rings. The van der Waals surface area contributed by atoms with E-state index in [1.165, 1.54) is 7.11 Å². The number of carbonyl (C=O) groups is 1. The quantitative estimate of drug-likeness (QED) is 0.448. The third-order valence-corrected chi connectivity index (χ3v) is 1.73. The van der Waals surface area contributed by atoms with E-state index in [1.54, 1.807) is 0 Å². The second kappa shape index (κ2) is 8.34. The van der Waals surface area contributed by atoms with Crippen molar-refractivity contribution in [3.63, 3.8) is 0 Å². The molecule has 0 aliphatic heterocycles. The van der Waals surface area contributed by atoms with E-state index in [-0.39, 0.29) is 26.2 Å². The number of hydrogen-bond donors (Lipinski definition) is 2. The number of aliphatic hydroxyl groups is 1. The van der Waals surface area contributed by atoms with Gasteiger partial charge in [-0.15, -0.1) is 0 Å². The molecule has 0 radical (unpaired) electrons. The van der Waals surface area contributed by atoms with Crippen LogP contribution in [0.4, 0.5) is 0 Å². The Bertz CT molecular complexity index is 141. The summed E-state index contributed by atoms with van der Waals surface area (Å²) in [6, 6.07) is 0. The van der Waals surface area contributed by atoms with E-state index >= 15 is 0 Å². The monoisotopic (exact) mass is 212 g/mol. The zero-order valence-corrected chi connectivity index (χ0v) is 8.20. The minimum Gasteiger partial charge on any atom is -0.463 e. The van der Waals surface area contributed by atoms with Crippen molar-refractivity contribution in [1.82, 2.24) is 0 Å². The van der Waals surface area contributed by atoms with E-state index in [0.717, 1.165) is 0 Å². The first kappa shape index (κ1) is 12.7. The predicted molar refractivity (Wildman–Crippen MR) is 44.8 cm³/mol. The van der Waals surface area contributed by atoms with Gasteiger partial charge in [0.1, 0.15) is 6.61 Å². The molecule has 0 heterocycles. The SMILES string of the molecule is COP(O)OCCC(=O)OCCO. The number of rotatable bonds is 7. The molecule has 78 valence electrons. The van der Waals surface area contributed by atoms with Gasteiger partial charge in [-0.1, -0.05) is 0 Å². The summed E-state index contributed by atoms with van der Waals surface area (Å²) in [4.78, 5) is 19.5. The van der Waals surface area contributed by atoms with Crippen LogP contribution in [0.15, 0.2) is 0 Å². The Labute approximate surface area is 77.4 Å². The van der Waals surface area contributed by atoms with Crippen molar-refractivity contribution in [2.75, 3.05) is 26.9 Å². The van der Waals surface area contributed by atoms with Crippen LogP contribution in [0.5, 0.6) is 0 Å². The molecule has 0 fully saturated rings. The number of ether oxygens (including phenoxy) is 1. The maximum atomic E-state index is 10.7. The summed E-state index contributed by atoms with van der Waals surface area (Å²) in [7, 11) is -0.578. The number of hydrogen-bond acceptors (Lipinski definition) is 6. The molecule has 13 heavy (non-hydrogen) atoms. The lowest BCUT2D eigenvalue weighted by atomic mass is 10.5. The van der Waals surface area contributed by atoms with Crippen molar-refractivity contribution < 1.29 is 28.6 Å². The van der Waals surface area contributed by atoms with E-state index in [1.807, 2.05) is 0 Å². The summed E-state index contributed by atoms with van der Waals surface area (Å²) in [6.07, 6.45) is 0.0305. The minimum absolute atomic E-state index is 0.0169. The lowest BCUT2D eigenvalue weighted by molar-refractivity contribution is -0.145. The maximum Gasteiger partial charge on any atom is 0.329 e. The molecule has 0 aromatic heterocycles. The molecule has 0 spiro atoms. The highest BCUT2D eigenvalue weighted by atomic mass is 31.2. The molecule has 0 rings (SSSR count). The van der Waals surface area contributed by atoms with Crippen LogP contribution >= 0.6 is 8.60 Å². The lowest BCUT2D eigenvalue weighted by Crippen LogP contribution is -2.10. The summed E-state index contributed by atoms with van der Waals surface area (Å²) in [5.74, 6) is -0.478. The highest BCUT2D eigenvalue weighted by molar-refractivity contribution is 7.40. The fourth-order valence-corrected chi connectivity index (χ4v) is 0.844. The van der Waals surface area contributed by atoms with Crippen LogP contribution in [0.3, 0.4) is 0 Å². The Kier molecular flexibility index (Phi) is 8.18. The first-order valence-electron chi connectivity index (χ1n) is 3.63. The number of aliphatic hydroxyl groups excluding tert-OH is 1. The van der Waals surface area contributed by atoms with Crippen molar-refractivity contribution in [2.45, 2.75) is 6.42 Å². The van der Waals surface area contributed by atoms with Gasteiger partial charge in [0.15, 0.2) is 0 Å². The fourth-order valence-electron chi connectivity index (χ4n) is 0.491. The van der Waals surface area contributed by atoms with Gasteiger partial charge >= 0.3 is 14.6 Å². The van der Waals surface area contributed by atoms with Gasteiger partial charge in [0.25, 0.3) is 0 Å². The molecule has 2 N–H and O–H groups in total. The standard InChI is InChI=1S/C6H13O6P/c1-10-13(9)12-4-2-6(8)11-5-3-7/h7,9H,2-5H2,1H3. The normalized spacial score (nSPS) is 12.5. The molecule has 0 amide bonds. The zero-order chi connectivity index (χ0) is 10.1. The Morgan fingerprint density at radius 1 is 1.46 bits per heavy atom. The lowest BCUT2D eigenvalue weighted by Gasteiger charge is -2.06. The molecule has 7 heteroatoms. The second-order valence-corrected chi connectivity index (χ2v) is 3.05. The Morgan fingerprint density at radius 2 is 2.15 bits per heavy atom. The van der Waals surface area contributed by atoms with Crippen LogP contribution < -0.4 is 0 Å². The molecule has 0 saturated carbocycles. The Morgan fingerprint density at radius 3 is 2.69 bits per heavy atom. The van der Waals surface area contributed by atoms with Gasteiger partial charge in [-0.3, -0.25) is 4.79 Å². The van der Waals surface area contributed by atoms with Crippen molar-refractivity contribution in [3.05, 3.63) is 0 Å². The van der Waals surface area contributed by atoms with E-state index < -0.39 is 14.6 Å². The van der Waals surface area contributed by atoms with E-state index in [0.29, 0.717) is 0 Å². The molecule has 0 bridgehead atoms. The molecule has 0 aromatic carbocycles. The van der Waals surface area contributed by atoms with Gasteiger partial charge in [-0.2, -0.15) is 0 Å². The summed E-state index contributed by atoms with van der Waals surface area (Å²) in [5.41, 5.74) is 0. The third-order valence-electron chi connectivity index (χ3n) is 1.02. The van der Waals surface area contributed by atoms with Gasteiger partial charge < -0.3 is 23.8 Å². The maximum absolute atomic E-state index is 10.7. The average Bonchev–Trinajstić information content (AvgIpc) is 2.14. The van der Waals surface area contributed by atoms with Crippen LogP contribution in [0.25, 0.3) is 0 Å². The van der Waals surface area contributed by atoms with E-state index in [4.69, 9.17) is 10.00 Å². The molecule has 0 aromatic rings. The van der Waals surface area contributed by atoms with Crippen LogP contribution in [-0.4, -0.2) is 42.9 Å². The van der Waals surface area contributed by atoms with Crippen LogP contribution in [0, 0.1) is 0 Å². The summed E-state index contributed by atoms with van der Waals surface area (Å²) in [6.45, 7) is -0.172. The van der Waals surface area contributed by atoms with E-state index in [2.05, 4.69) is 13.8 Å². The second-order valence-electron chi connectivity index (χ2n) is 1.95. The van der Waals surface area contributed by atoms with Crippen molar-refractivity contribution in [1.29, 1.82) is 0 Å². The van der Waals surface area contributed by atoms with Crippen molar-refractivity contribution in [3.8, 4) is 0 Å². The average molecular weight is 212 g/mol. The highest BCUT2D eigenvalue weighted by Gasteiger charge is 2.06. The zero-order valence-electron chi connectivity index (χ0n) is 7.30. The molecule has 6 nitrogen and oxygen atoms in total. The Hall–Kier alpha value is -0.260. The van der Waals surface area contributed by atoms with Crippen molar-refractivity contribution >= 4 is 14.6 Å². The molecular formula is C6H13O6P. The Balaban J connectivity index is 3.26. The topological polar surface area (TPSA) is 85.2 Å². The highest BCUT2D eigenvalue weighted by Crippen LogP contribution is 2.30. The van der Waals surface area contributed by atoms with Crippen LogP contribution in [-0.2, 0) is 18.6 Å². The largest absolute Gasteiger partial charge is 0.463 e. The summed E-state index contributed by atoms with van der Waals surface area (Å²) >= 11 is 0. The molecule has 0 aliphatic carbocycles. The number of esters is 1. The molecular weight excluding hydrogens is 199 g/mol. The third kappa shape index (κ3) is 8.08. The smallest absolute Gasteiger partial charge is 0.329 e. The van der Waals surface area contributed by atoms with Gasteiger partial charge in [-0.05, 0) is 0 Å². The molecule has 0 saturated heterocycles. The summed E-state index contributed by atoms with van der Waals surface area (Å²) < 4.78 is 13.6. The van der Waals surface area contributed by atoms with Crippen LogP contribution in [0.1, 0.15) is 6.42 Å². The summed E-state index contributed by atoms with van der Waals surface area (Å²) in [5, 5.41) is 8.30. The van der Waals surface area contributed by atoms with Crippen LogP contribution in [0.2, 0.25) is 0 Å². The first-order valence-corrected chi connectivity index (χ1v) is 4.76. The molecule has 1 unspecified atom stereocenters. The van der Waals surface area contributed by atoms with E-state index in [9.17, 15) is 4.79 Å². The number of carbonyl (C=O) groups excluding carboxylic acids is 1. The molecule has 1 atom stereocenters. The van der Waals surface area contributed by atoms with Gasteiger partial charge in [0.05, 0.1) is 19.6 Å². The first-order chi connectivity index (χ1) is 6.20. The van der Waals surface area contributed by atoms with Crippen molar-refractivity contribution in [2.24, 2.45) is 0 Å². The van der Waals surface area contributed by atoms with Gasteiger partial charge in [0.2, 0.25) is 0 Å². The van der Waals surface area contributed by atoms with Gasteiger partial charge in [-0.25, -0.2) is 0 Å². The minimum atomic E-state index is -1.88. The predicted octanol–water partition coefficient (Wildman–Crippen LogP) is -0.206.